The summed E-state index contributed by atoms with van der Waals surface area (Å²) in [5.74, 6) is -0.351. The van der Waals surface area contributed by atoms with Crippen LogP contribution in [0.5, 0.6) is 0 Å². The van der Waals surface area contributed by atoms with E-state index in [2.05, 4.69) is 15.1 Å². The number of rotatable bonds is 3. The Kier molecular flexibility index (Phi) is 3.87. The van der Waals surface area contributed by atoms with Crippen LogP contribution in [0.25, 0.3) is 11.4 Å². The third-order valence-corrected chi connectivity index (χ3v) is 3.14. The zero-order valence-electron chi connectivity index (χ0n) is 11.5. The van der Waals surface area contributed by atoms with Gasteiger partial charge in [0, 0.05) is 11.8 Å². The summed E-state index contributed by atoms with van der Waals surface area (Å²) in [6.45, 7) is 0. The molecule has 0 unspecified atom stereocenters. The van der Waals surface area contributed by atoms with Gasteiger partial charge >= 0.3 is 0 Å². The van der Waals surface area contributed by atoms with Crippen LogP contribution in [0, 0.1) is 5.82 Å². The van der Waals surface area contributed by atoms with Crippen molar-refractivity contribution in [3.05, 3.63) is 83.9 Å². The van der Waals surface area contributed by atoms with Crippen LogP contribution in [0.3, 0.4) is 0 Å². The molecule has 1 aromatic carbocycles. The molecule has 22 heavy (non-hydrogen) atoms. The Hall–Kier alpha value is -3.08. The van der Waals surface area contributed by atoms with Crippen LogP contribution in [0.1, 0.15) is 11.3 Å². The quantitative estimate of drug-likeness (QED) is 0.457. The first-order valence-electron chi connectivity index (χ1n) is 6.65. The molecule has 0 saturated carbocycles. The van der Waals surface area contributed by atoms with Crippen molar-refractivity contribution in [2.75, 3.05) is 0 Å². The number of nitrogens with zero attached hydrogens (tertiary/aromatic N) is 3. The molecular weight excluding hydrogens is 281 g/mol. The maximum absolute atomic E-state index is 13.0. The molecule has 0 fully saturated rings. The maximum atomic E-state index is 13.0. The van der Waals surface area contributed by atoms with Gasteiger partial charge in [-0.15, -0.1) is 0 Å². The van der Waals surface area contributed by atoms with E-state index in [1.165, 1.54) is 12.1 Å². The first kappa shape index (κ1) is 13.9. The van der Waals surface area contributed by atoms with Crippen molar-refractivity contribution in [2.45, 2.75) is 0 Å². The van der Waals surface area contributed by atoms with Gasteiger partial charge in [-0.3, -0.25) is 4.98 Å². The lowest BCUT2D eigenvalue weighted by Gasteiger charge is -2.06. The monoisotopic (exact) mass is 293 g/mol. The Bertz CT molecular complexity index is 802. The van der Waals surface area contributed by atoms with E-state index in [-0.39, 0.29) is 11.5 Å². The largest absolute Gasteiger partial charge is 0.410 e. The van der Waals surface area contributed by atoms with Gasteiger partial charge in [-0.1, -0.05) is 17.3 Å². The third kappa shape index (κ3) is 2.83. The molecule has 2 aromatic heterocycles. The van der Waals surface area contributed by atoms with Gasteiger partial charge in [-0.2, -0.15) is 0 Å². The summed E-state index contributed by atoms with van der Waals surface area (Å²) < 4.78 is 13.0. The van der Waals surface area contributed by atoms with Gasteiger partial charge in [0.2, 0.25) is 0 Å². The van der Waals surface area contributed by atoms with E-state index in [0.717, 1.165) is 5.69 Å². The molecule has 0 saturated heterocycles. The van der Waals surface area contributed by atoms with Gasteiger partial charge < -0.3 is 5.21 Å². The lowest BCUT2D eigenvalue weighted by molar-refractivity contribution is 0.319. The lowest BCUT2D eigenvalue weighted by Crippen LogP contribution is -2.06. The second kappa shape index (κ2) is 6.13. The fourth-order valence-electron chi connectivity index (χ4n) is 2.09. The SMILES string of the molecule is O/N=C(/c1ccc(F)cc1)c1cccc(-c2ccccn2)n1. The standard InChI is InChI=1S/C17H12FN3O/c18-13-9-7-12(8-10-13)17(21-22)16-6-3-5-15(20-16)14-4-1-2-11-19-14/h1-11,22H/b21-17-. The first-order chi connectivity index (χ1) is 10.8. The van der Waals surface area contributed by atoms with Gasteiger partial charge in [0.1, 0.15) is 11.5 Å². The second-order valence-electron chi connectivity index (χ2n) is 4.58. The predicted molar refractivity (Wildman–Crippen MR) is 81.3 cm³/mol. The molecule has 5 heteroatoms. The van der Waals surface area contributed by atoms with Crippen molar-refractivity contribution < 1.29 is 9.60 Å². The van der Waals surface area contributed by atoms with Crippen molar-refractivity contribution in [1.29, 1.82) is 0 Å². The van der Waals surface area contributed by atoms with E-state index in [1.54, 1.807) is 30.5 Å². The molecule has 0 aliphatic rings. The molecule has 1 N–H and O–H groups in total. The second-order valence-corrected chi connectivity index (χ2v) is 4.58. The van der Waals surface area contributed by atoms with Crippen LogP contribution in [-0.2, 0) is 0 Å². The molecule has 0 atom stereocenters. The maximum Gasteiger partial charge on any atom is 0.135 e. The molecule has 0 spiro atoms. The summed E-state index contributed by atoms with van der Waals surface area (Å²) in [5, 5.41) is 12.6. The molecule has 2 heterocycles. The van der Waals surface area contributed by atoms with E-state index in [9.17, 15) is 9.60 Å². The van der Waals surface area contributed by atoms with Crippen LogP contribution < -0.4 is 0 Å². The minimum Gasteiger partial charge on any atom is -0.410 e. The van der Waals surface area contributed by atoms with Gasteiger partial charge in [0.15, 0.2) is 0 Å². The molecule has 0 radical (unpaired) electrons. The topological polar surface area (TPSA) is 58.4 Å². The fourth-order valence-corrected chi connectivity index (χ4v) is 2.09. The molecule has 0 bridgehead atoms. The van der Waals surface area contributed by atoms with Gasteiger partial charge in [0.25, 0.3) is 0 Å². The summed E-state index contributed by atoms with van der Waals surface area (Å²) in [7, 11) is 0. The molecule has 3 rings (SSSR count). The number of oxime groups is 1. The van der Waals surface area contributed by atoms with E-state index in [1.807, 2.05) is 24.3 Å². The minimum atomic E-state index is -0.351. The molecule has 0 amide bonds. The number of hydrogen-bond acceptors (Lipinski definition) is 4. The minimum absolute atomic E-state index is 0.276. The number of hydrogen-bond donors (Lipinski definition) is 1. The number of aromatic nitrogens is 2. The summed E-state index contributed by atoms with van der Waals surface area (Å²) in [4.78, 5) is 8.71. The highest BCUT2D eigenvalue weighted by Gasteiger charge is 2.11. The van der Waals surface area contributed by atoms with Crippen LogP contribution in [-0.4, -0.2) is 20.9 Å². The van der Waals surface area contributed by atoms with Crippen LogP contribution >= 0.6 is 0 Å². The molecule has 4 nitrogen and oxygen atoms in total. The average molecular weight is 293 g/mol. The van der Waals surface area contributed by atoms with E-state index >= 15 is 0 Å². The molecular formula is C17H12FN3O. The predicted octanol–water partition coefficient (Wildman–Crippen LogP) is 3.51. The van der Waals surface area contributed by atoms with Crippen molar-refractivity contribution >= 4 is 5.71 Å². The molecule has 3 aromatic rings. The van der Waals surface area contributed by atoms with Gasteiger partial charge in [-0.05, 0) is 48.5 Å². The fraction of sp³-hybridized carbons (Fsp3) is 0. The van der Waals surface area contributed by atoms with Crippen molar-refractivity contribution in [2.24, 2.45) is 5.16 Å². The van der Waals surface area contributed by atoms with Crippen molar-refractivity contribution in [3.63, 3.8) is 0 Å². The molecule has 108 valence electrons. The Morgan fingerprint density at radius 2 is 1.68 bits per heavy atom. The molecule has 0 aliphatic heterocycles. The first-order valence-corrected chi connectivity index (χ1v) is 6.65. The summed E-state index contributed by atoms with van der Waals surface area (Å²) in [6.07, 6.45) is 1.69. The summed E-state index contributed by atoms with van der Waals surface area (Å²) in [6, 6.07) is 16.6. The summed E-state index contributed by atoms with van der Waals surface area (Å²) >= 11 is 0. The highest BCUT2D eigenvalue weighted by atomic mass is 19.1. The normalized spacial score (nSPS) is 11.4. The van der Waals surface area contributed by atoms with E-state index in [4.69, 9.17) is 0 Å². The Morgan fingerprint density at radius 1 is 0.909 bits per heavy atom. The lowest BCUT2D eigenvalue weighted by atomic mass is 10.1. The Labute approximate surface area is 126 Å². The number of halogens is 1. The number of benzene rings is 1. The third-order valence-electron chi connectivity index (χ3n) is 3.14. The summed E-state index contributed by atoms with van der Waals surface area (Å²) in [5.41, 5.74) is 2.73. The van der Waals surface area contributed by atoms with Crippen LogP contribution in [0.15, 0.2) is 72.0 Å². The highest BCUT2D eigenvalue weighted by Crippen LogP contribution is 2.16. The number of pyridine rings is 2. The Balaban J connectivity index is 2.02. The van der Waals surface area contributed by atoms with E-state index < -0.39 is 0 Å². The zero-order chi connectivity index (χ0) is 15.4. The average Bonchev–Trinajstić information content (AvgIpc) is 2.58. The van der Waals surface area contributed by atoms with Crippen molar-refractivity contribution in [3.8, 4) is 11.4 Å². The van der Waals surface area contributed by atoms with Gasteiger partial charge in [-0.25, -0.2) is 9.37 Å². The van der Waals surface area contributed by atoms with E-state index in [0.29, 0.717) is 17.0 Å². The van der Waals surface area contributed by atoms with Crippen LogP contribution in [0.2, 0.25) is 0 Å². The van der Waals surface area contributed by atoms with Gasteiger partial charge in [0.05, 0.1) is 17.1 Å². The van der Waals surface area contributed by atoms with Crippen molar-refractivity contribution in [1.82, 2.24) is 9.97 Å². The van der Waals surface area contributed by atoms with Crippen LogP contribution in [0.4, 0.5) is 4.39 Å². The Morgan fingerprint density at radius 3 is 2.36 bits per heavy atom. The molecule has 0 aliphatic carbocycles. The zero-order valence-corrected chi connectivity index (χ0v) is 11.5. The smallest absolute Gasteiger partial charge is 0.135 e. The highest BCUT2D eigenvalue weighted by molar-refractivity contribution is 6.11.